The Morgan fingerprint density at radius 1 is 0.951 bits per heavy atom. The number of benzene rings is 2. The lowest BCUT2D eigenvalue weighted by Crippen LogP contribution is -2.38. The molecule has 1 amide bonds. The Morgan fingerprint density at radius 3 is 2.37 bits per heavy atom. The monoisotopic (exact) mass is 571 g/mol. The maximum Gasteiger partial charge on any atom is 0.338 e. The van der Waals surface area contributed by atoms with E-state index in [1.807, 2.05) is 43.3 Å². The van der Waals surface area contributed by atoms with Gasteiger partial charge in [0.2, 0.25) is 0 Å². The van der Waals surface area contributed by atoms with E-state index in [0.717, 1.165) is 16.7 Å². The largest absolute Gasteiger partial charge is 0.478 e. The van der Waals surface area contributed by atoms with Gasteiger partial charge in [-0.3, -0.25) is 9.78 Å². The summed E-state index contributed by atoms with van der Waals surface area (Å²) >= 11 is 1.34. The number of hydrogen-bond donors (Lipinski definition) is 3. The zero-order valence-corrected chi connectivity index (χ0v) is 23.0. The molecule has 3 heterocycles. The molecule has 210 valence electrons. The van der Waals surface area contributed by atoms with Crippen molar-refractivity contribution in [3.63, 3.8) is 0 Å². The minimum Gasteiger partial charge on any atom is -0.478 e. The van der Waals surface area contributed by atoms with Crippen LogP contribution in [0, 0.1) is 5.92 Å². The maximum absolute atomic E-state index is 12.5. The molecule has 0 aliphatic carbocycles. The van der Waals surface area contributed by atoms with Crippen molar-refractivity contribution in [3.05, 3.63) is 119 Å². The number of ether oxygens (including phenoxy) is 2. The highest BCUT2D eigenvalue weighted by Gasteiger charge is 2.38. The zero-order chi connectivity index (χ0) is 28.8. The molecule has 2 aromatic carbocycles. The van der Waals surface area contributed by atoms with Crippen LogP contribution < -0.4 is 5.32 Å². The minimum absolute atomic E-state index is 0.0496. The molecule has 1 aliphatic rings. The van der Waals surface area contributed by atoms with Crippen molar-refractivity contribution in [1.29, 1.82) is 0 Å². The topological polar surface area (TPSA) is 131 Å². The molecular weight excluding hydrogens is 542 g/mol. The Labute approximate surface area is 241 Å². The number of nitrogens with one attached hydrogen (secondary N) is 1. The number of anilines is 1. The van der Waals surface area contributed by atoms with Gasteiger partial charge in [0.25, 0.3) is 5.91 Å². The number of amides is 1. The van der Waals surface area contributed by atoms with Crippen LogP contribution >= 0.6 is 11.8 Å². The van der Waals surface area contributed by atoms with Crippen molar-refractivity contribution in [3.8, 4) is 0 Å². The molecule has 1 fully saturated rings. The smallest absolute Gasteiger partial charge is 0.338 e. The Bertz CT molecular complexity index is 1480. The number of carboxylic acids is 1. The van der Waals surface area contributed by atoms with Crippen molar-refractivity contribution >= 4 is 29.3 Å². The predicted octanol–water partition coefficient (Wildman–Crippen LogP) is 5.50. The van der Waals surface area contributed by atoms with E-state index >= 15 is 0 Å². The molecule has 0 spiro atoms. The molecule has 3 N–H and O–H groups in total. The van der Waals surface area contributed by atoms with Crippen LogP contribution in [0.15, 0.2) is 96.4 Å². The van der Waals surface area contributed by atoms with Crippen molar-refractivity contribution < 1.29 is 29.3 Å². The third-order valence-corrected chi connectivity index (χ3v) is 7.97. The molecule has 41 heavy (non-hydrogen) atoms. The molecule has 5 rings (SSSR count). The number of nitrogens with zero attached hydrogens (tertiary/aromatic N) is 2. The molecule has 4 atom stereocenters. The first-order valence-electron chi connectivity index (χ1n) is 13.1. The molecule has 1 aliphatic heterocycles. The van der Waals surface area contributed by atoms with Gasteiger partial charge in [-0.15, -0.1) is 11.8 Å². The lowest BCUT2D eigenvalue weighted by atomic mass is 9.91. The fourth-order valence-electron chi connectivity index (χ4n) is 4.56. The van der Waals surface area contributed by atoms with Crippen LogP contribution in [0.4, 0.5) is 5.69 Å². The molecule has 0 bridgehead atoms. The summed E-state index contributed by atoms with van der Waals surface area (Å²) in [4.78, 5) is 32.5. The van der Waals surface area contributed by atoms with Gasteiger partial charge in [0, 0.05) is 41.5 Å². The quantitative estimate of drug-likeness (QED) is 0.223. The molecule has 2 aromatic heterocycles. The van der Waals surface area contributed by atoms with Gasteiger partial charge in [0.05, 0.1) is 29.9 Å². The summed E-state index contributed by atoms with van der Waals surface area (Å²) in [5, 5.41) is 22.3. The number of aliphatic hydroxyl groups excluding tert-OH is 1. The summed E-state index contributed by atoms with van der Waals surface area (Å²) in [6, 6.07) is 21.4. The van der Waals surface area contributed by atoms with E-state index in [1.165, 1.54) is 24.0 Å². The standard InChI is InChI=1S/C31H29N3O6S/c1-19-26(18-41-29-25(30(37)38)5-3-15-33-29)39-31(40-27(19)21-8-6-20(17-35)7-9-21)22-10-12-24(13-11-22)34-28(36)23-4-2-14-32-16-23/h2-16,19,26-27,31,35H,17-18H2,1H3,(H,34,36)(H,37,38)/t19-,26+,27+,31+/m1/s1. The average Bonchev–Trinajstić information content (AvgIpc) is 3.01. The van der Waals surface area contributed by atoms with Gasteiger partial charge in [-0.25, -0.2) is 9.78 Å². The van der Waals surface area contributed by atoms with E-state index in [4.69, 9.17) is 9.47 Å². The van der Waals surface area contributed by atoms with Gasteiger partial charge < -0.3 is 25.0 Å². The highest BCUT2D eigenvalue weighted by molar-refractivity contribution is 7.99. The molecular formula is C31H29N3O6S. The fraction of sp³-hybridized carbons (Fsp3) is 0.226. The van der Waals surface area contributed by atoms with Crippen LogP contribution in [0.2, 0.25) is 0 Å². The summed E-state index contributed by atoms with van der Waals surface area (Å²) in [5.74, 6) is -0.905. The highest BCUT2D eigenvalue weighted by Crippen LogP contribution is 2.43. The molecule has 1 saturated heterocycles. The van der Waals surface area contributed by atoms with Crippen molar-refractivity contribution in [2.75, 3.05) is 11.1 Å². The van der Waals surface area contributed by atoms with Crippen LogP contribution in [0.1, 0.15) is 56.7 Å². The van der Waals surface area contributed by atoms with E-state index in [0.29, 0.717) is 22.0 Å². The van der Waals surface area contributed by atoms with Gasteiger partial charge in [-0.05, 0) is 47.5 Å². The lowest BCUT2D eigenvalue weighted by Gasteiger charge is -2.41. The van der Waals surface area contributed by atoms with Gasteiger partial charge in [0.15, 0.2) is 6.29 Å². The van der Waals surface area contributed by atoms with E-state index < -0.39 is 12.3 Å². The first-order valence-corrected chi connectivity index (χ1v) is 14.0. The Morgan fingerprint density at radius 2 is 1.68 bits per heavy atom. The molecule has 10 heteroatoms. The van der Waals surface area contributed by atoms with Gasteiger partial charge in [0.1, 0.15) is 5.03 Å². The fourth-order valence-corrected chi connectivity index (χ4v) is 5.71. The third-order valence-electron chi connectivity index (χ3n) is 6.87. The van der Waals surface area contributed by atoms with Gasteiger partial charge in [-0.2, -0.15) is 0 Å². The summed E-state index contributed by atoms with van der Waals surface area (Å²) in [6.45, 7) is 1.99. The molecule has 0 radical (unpaired) electrons. The van der Waals surface area contributed by atoms with Crippen LogP contribution in [0.25, 0.3) is 0 Å². The average molecular weight is 572 g/mol. The predicted molar refractivity (Wildman–Crippen MR) is 154 cm³/mol. The molecule has 4 aromatic rings. The number of carbonyl (C=O) groups is 2. The van der Waals surface area contributed by atoms with E-state index in [-0.39, 0.29) is 36.2 Å². The Balaban J connectivity index is 1.36. The number of aromatic nitrogens is 2. The number of hydrogen-bond acceptors (Lipinski definition) is 8. The number of carboxylic acid groups (broad SMARTS) is 1. The summed E-state index contributed by atoms with van der Waals surface area (Å²) in [7, 11) is 0. The first kappa shape index (κ1) is 28.4. The molecule has 0 unspecified atom stereocenters. The van der Waals surface area contributed by atoms with Crippen molar-refractivity contribution in [2.24, 2.45) is 5.92 Å². The van der Waals surface area contributed by atoms with Crippen LogP contribution in [-0.4, -0.2) is 43.9 Å². The number of aromatic carboxylic acids is 1. The Hall–Kier alpha value is -4.09. The van der Waals surface area contributed by atoms with Crippen LogP contribution in [0.3, 0.4) is 0 Å². The molecule has 0 saturated carbocycles. The SMILES string of the molecule is C[C@@H]1[C@H](CSc2ncccc2C(=O)O)O[C@H](c2ccc(NC(=O)c3cccnc3)cc2)O[C@@H]1c1ccc(CO)cc1. The van der Waals surface area contributed by atoms with Gasteiger partial charge >= 0.3 is 5.97 Å². The van der Waals surface area contributed by atoms with Gasteiger partial charge in [-0.1, -0.05) is 43.3 Å². The second-order valence-electron chi connectivity index (χ2n) is 9.61. The number of rotatable bonds is 9. The first-order chi connectivity index (χ1) is 19.9. The second kappa shape index (κ2) is 13.0. The lowest BCUT2D eigenvalue weighted by molar-refractivity contribution is -0.268. The maximum atomic E-state index is 12.5. The number of carbonyl (C=O) groups excluding carboxylic acids is 1. The van der Waals surface area contributed by atoms with Crippen LogP contribution in [0.5, 0.6) is 0 Å². The number of thioether (sulfide) groups is 1. The van der Waals surface area contributed by atoms with Crippen molar-refractivity contribution in [1.82, 2.24) is 9.97 Å². The number of pyridine rings is 2. The summed E-state index contributed by atoms with van der Waals surface area (Å²) in [6.07, 6.45) is 3.37. The minimum atomic E-state index is -1.03. The highest BCUT2D eigenvalue weighted by atomic mass is 32.2. The summed E-state index contributed by atoms with van der Waals surface area (Å²) < 4.78 is 12.9. The number of aliphatic hydroxyl groups is 1. The second-order valence-corrected chi connectivity index (χ2v) is 10.6. The van der Waals surface area contributed by atoms with E-state index in [1.54, 1.807) is 42.7 Å². The normalized spacial score (nSPS) is 20.3. The molecule has 9 nitrogen and oxygen atoms in total. The van der Waals surface area contributed by atoms with E-state index in [2.05, 4.69) is 15.3 Å². The van der Waals surface area contributed by atoms with E-state index in [9.17, 15) is 19.8 Å². The Kier molecular flexibility index (Phi) is 9.05. The third kappa shape index (κ3) is 6.80. The summed E-state index contributed by atoms with van der Waals surface area (Å²) in [5.41, 5.74) is 3.74. The van der Waals surface area contributed by atoms with Crippen LogP contribution in [-0.2, 0) is 16.1 Å². The van der Waals surface area contributed by atoms with Crippen molar-refractivity contribution in [2.45, 2.75) is 37.1 Å². The zero-order valence-electron chi connectivity index (χ0n) is 22.2.